The second-order valence-electron chi connectivity index (χ2n) is 5.88. The maximum Gasteiger partial charge on any atom is 0.263 e. The Hall–Kier alpha value is -3.30. The van der Waals surface area contributed by atoms with E-state index < -0.39 is 17.6 Å². The van der Waals surface area contributed by atoms with Crippen LogP contribution in [0, 0.1) is 12.7 Å². The minimum atomic E-state index is -0.688. The summed E-state index contributed by atoms with van der Waals surface area (Å²) in [6.07, 6.45) is 0. The summed E-state index contributed by atoms with van der Waals surface area (Å²) >= 11 is 11.2. The van der Waals surface area contributed by atoms with Crippen molar-refractivity contribution in [3.63, 3.8) is 0 Å². The predicted octanol–water partition coefficient (Wildman–Crippen LogP) is 3.67. The molecule has 4 N–H and O–H groups in total. The van der Waals surface area contributed by atoms with Crippen molar-refractivity contribution < 1.29 is 18.5 Å². The number of thiocarbonyl (C=S) groups is 1. The van der Waals surface area contributed by atoms with Gasteiger partial charge in [0.15, 0.2) is 5.11 Å². The molecule has 0 atom stereocenters. The lowest BCUT2D eigenvalue weighted by molar-refractivity contribution is 0.0974. The second-order valence-corrected chi connectivity index (χ2v) is 6.69. The van der Waals surface area contributed by atoms with Crippen LogP contribution < -0.4 is 16.4 Å². The highest BCUT2D eigenvalue weighted by Gasteiger charge is 2.26. The van der Waals surface area contributed by atoms with Crippen LogP contribution in [0.5, 0.6) is 0 Å². The van der Waals surface area contributed by atoms with Gasteiger partial charge in [-0.05, 0) is 43.4 Å². The molecule has 0 aliphatic rings. The van der Waals surface area contributed by atoms with Gasteiger partial charge in [-0.2, -0.15) is 0 Å². The number of aromatic nitrogens is 1. The van der Waals surface area contributed by atoms with E-state index in [1.165, 1.54) is 31.2 Å². The molecule has 3 rings (SSSR count). The number of para-hydroxylation sites is 1. The number of aryl methyl sites for hydroxylation is 1. The van der Waals surface area contributed by atoms with E-state index in [2.05, 4.69) is 15.8 Å². The van der Waals surface area contributed by atoms with Gasteiger partial charge in [-0.25, -0.2) is 4.39 Å². The zero-order valence-corrected chi connectivity index (χ0v) is 16.5. The molecule has 0 spiro atoms. The normalized spacial score (nSPS) is 10.4. The molecule has 0 unspecified atom stereocenters. The molecule has 7 nitrogen and oxygen atoms in total. The summed E-state index contributed by atoms with van der Waals surface area (Å²) in [6, 6.07) is 10.5. The number of nitrogens with two attached hydrogens (primary N) is 1. The number of nitrogens with zero attached hydrogens (tertiary/aromatic N) is 1. The summed E-state index contributed by atoms with van der Waals surface area (Å²) in [5.74, 6) is -1.85. The molecular formula is C19H14ClFN4O3S. The molecular weight excluding hydrogens is 419 g/mol. The Labute approximate surface area is 175 Å². The lowest BCUT2D eigenvalue weighted by Crippen LogP contribution is -2.35. The van der Waals surface area contributed by atoms with E-state index in [-0.39, 0.29) is 38.3 Å². The summed E-state index contributed by atoms with van der Waals surface area (Å²) in [4.78, 5) is 24.3. The molecule has 1 heterocycles. The van der Waals surface area contributed by atoms with Crippen molar-refractivity contribution in [1.82, 2.24) is 10.5 Å². The van der Waals surface area contributed by atoms with Crippen molar-refractivity contribution in [2.45, 2.75) is 6.92 Å². The van der Waals surface area contributed by atoms with E-state index in [4.69, 9.17) is 34.1 Å². The van der Waals surface area contributed by atoms with Crippen LogP contribution in [0.3, 0.4) is 0 Å². The number of benzene rings is 2. The number of hydrogen-bond donors (Lipinski definition) is 3. The van der Waals surface area contributed by atoms with E-state index in [9.17, 15) is 14.0 Å². The van der Waals surface area contributed by atoms with Gasteiger partial charge in [-0.1, -0.05) is 35.0 Å². The Morgan fingerprint density at radius 3 is 2.62 bits per heavy atom. The van der Waals surface area contributed by atoms with Crippen LogP contribution in [0.1, 0.15) is 26.5 Å². The Balaban J connectivity index is 1.87. The van der Waals surface area contributed by atoms with Gasteiger partial charge in [-0.3, -0.25) is 14.9 Å². The number of carbonyl (C=O) groups is 2. The molecule has 0 saturated carbocycles. The molecule has 0 radical (unpaired) electrons. The highest BCUT2D eigenvalue weighted by molar-refractivity contribution is 7.80. The Kier molecular flexibility index (Phi) is 5.90. The van der Waals surface area contributed by atoms with Crippen molar-refractivity contribution >= 4 is 46.4 Å². The van der Waals surface area contributed by atoms with Gasteiger partial charge in [0.05, 0.1) is 21.8 Å². The Bertz CT molecular complexity index is 1110. The SMILES string of the molecule is Cc1onc(-c2c(F)cccc2Cl)c1C(=O)NC(=S)Nc1ccccc1C(N)=O. The van der Waals surface area contributed by atoms with E-state index in [1.807, 2.05) is 0 Å². The van der Waals surface area contributed by atoms with E-state index in [0.29, 0.717) is 5.69 Å². The van der Waals surface area contributed by atoms with Crippen molar-refractivity contribution in [3.05, 3.63) is 70.2 Å². The molecule has 3 aromatic rings. The summed E-state index contributed by atoms with van der Waals surface area (Å²) in [6.45, 7) is 1.50. The van der Waals surface area contributed by atoms with Crippen LogP contribution in [-0.4, -0.2) is 22.1 Å². The predicted molar refractivity (Wildman–Crippen MR) is 110 cm³/mol. The summed E-state index contributed by atoms with van der Waals surface area (Å²) < 4.78 is 19.3. The molecule has 2 aromatic carbocycles. The number of carbonyl (C=O) groups excluding carboxylic acids is 2. The van der Waals surface area contributed by atoms with Gasteiger partial charge >= 0.3 is 0 Å². The van der Waals surface area contributed by atoms with Crippen LogP contribution in [0.25, 0.3) is 11.3 Å². The van der Waals surface area contributed by atoms with Crippen LogP contribution in [0.15, 0.2) is 47.0 Å². The third kappa shape index (κ3) is 4.25. The maximum atomic E-state index is 14.3. The minimum absolute atomic E-state index is 0.0238. The van der Waals surface area contributed by atoms with Crippen LogP contribution >= 0.6 is 23.8 Å². The number of anilines is 1. The lowest BCUT2D eigenvalue weighted by atomic mass is 10.0. The largest absolute Gasteiger partial charge is 0.366 e. The van der Waals surface area contributed by atoms with Crippen molar-refractivity contribution in [2.75, 3.05) is 5.32 Å². The van der Waals surface area contributed by atoms with Gasteiger partial charge in [0, 0.05) is 0 Å². The molecule has 10 heteroatoms. The fourth-order valence-corrected chi connectivity index (χ4v) is 3.12. The van der Waals surface area contributed by atoms with Gasteiger partial charge in [-0.15, -0.1) is 0 Å². The lowest BCUT2D eigenvalue weighted by Gasteiger charge is -2.12. The maximum absolute atomic E-state index is 14.3. The third-order valence-corrected chi connectivity index (χ3v) is 4.48. The van der Waals surface area contributed by atoms with Crippen LogP contribution in [0.4, 0.5) is 10.1 Å². The number of amides is 2. The first-order chi connectivity index (χ1) is 13.8. The molecule has 0 fully saturated rings. The molecule has 1 aromatic heterocycles. The number of primary amides is 1. The monoisotopic (exact) mass is 432 g/mol. The molecule has 148 valence electrons. The van der Waals surface area contributed by atoms with Gasteiger partial charge in [0.1, 0.15) is 22.8 Å². The van der Waals surface area contributed by atoms with Gasteiger partial charge in [0.25, 0.3) is 11.8 Å². The average molecular weight is 433 g/mol. The van der Waals surface area contributed by atoms with Crippen LogP contribution in [-0.2, 0) is 0 Å². The van der Waals surface area contributed by atoms with Crippen molar-refractivity contribution in [1.29, 1.82) is 0 Å². The second kappa shape index (κ2) is 8.38. The van der Waals surface area contributed by atoms with E-state index in [1.54, 1.807) is 18.2 Å². The van der Waals surface area contributed by atoms with Crippen LogP contribution in [0.2, 0.25) is 5.02 Å². The molecule has 2 amide bonds. The first kappa shape index (κ1) is 20.4. The Morgan fingerprint density at radius 2 is 1.93 bits per heavy atom. The van der Waals surface area contributed by atoms with E-state index in [0.717, 1.165) is 0 Å². The number of hydrogen-bond acceptors (Lipinski definition) is 5. The first-order valence-electron chi connectivity index (χ1n) is 8.21. The summed E-state index contributed by atoms with van der Waals surface area (Å²) in [7, 11) is 0. The minimum Gasteiger partial charge on any atom is -0.366 e. The quantitative estimate of drug-likeness (QED) is 0.542. The topological polar surface area (TPSA) is 110 Å². The van der Waals surface area contributed by atoms with Gasteiger partial charge in [0.2, 0.25) is 0 Å². The number of rotatable bonds is 4. The molecule has 0 saturated heterocycles. The molecule has 0 aliphatic heterocycles. The van der Waals surface area contributed by atoms with Gasteiger partial charge < -0.3 is 15.6 Å². The highest BCUT2D eigenvalue weighted by atomic mass is 35.5. The summed E-state index contributed by atoms with van der Waals surface area (Å²) in [5.41, 5.74) is 5.71. The highest BCUT2D eigenvalue weighted by Crippen LogP contribution is 2.33. The van der Waals surface area contributed by atoms with E-state index >= 15 is 0 Å². The third-order valence-electron chi connectivity index (χ3n) is 3.96. The average Bonchev–Trinajstić information content (AvgIpc) is 3.03. The van der Waals surface area contributed by atoms with Crippen molar-refractivity contribution in [3.8, 4) is 11.3 Å². The Morgan fingerprint density at radius 1 is 1.21 bits per heavy atom. The number of nitrogens with one attached hydrogen (secondary N) is 2. The molecule has 29 heavy (non-hydrogen) atoms. The van der Waals surface area contributed by atoms with Crippen molar-refractivity contribution in [2.24, 2.45) is 5.73 Å². The zero-order valence-electron chi connectivity index (χ0n) is 15.0. The molecule has 0 aliphatic carbocycles. The first-order valence-corrected chi connectivity index (χ1v) is 9.00. The fourth-order valence-electron chi connectivity index (χ4n) is 2.66. The number of halogens is 2. The zero-order chi connectivity index (χ0) is 21.1. The molecule has 0 bridgehead atoms. The smallest absolute Gasteiger partial charge is 0.263 e. The summed E-state index contributed by atoms with van der Waals surface area (Å²) in [5, 5.41) is 8.93. The fraction of sp³-hybridized carbons (Fsp3) is 0.0526. The standard InChI is InChI=1S/C19H14ClFN4O3S/c1-9-14(16(25-28-9)15-11(20)6-4-7-12(15)21)18(27)24-19(29)23-13-8-3-2-5-10(13)17(22)26/h2-8H,1H3,(H2,22,26)(H2,23,24,27,29).